The maximum Gasteiger partial charge on any atom is 0.311 e. The van der Waals surface area contributed by atoms with Gasteiger partial charge in [0.15, 0.2) is 0 Å². The van der Waals surface area contributed by atoms with Crippen molar-refractivity contribution in [3.8, 4) is 0 Å². The molecule has 0 heterocycles. The summed E-state index contributed by atoms with van der Waals surface area (Å²) in [6.07, 6.45) is 24.3. The highest BCUT2D eigenvalue weighted by molar-refractivity contribution is 5.87. The monoisotopic (exact) mass is 464 g/mol. The highest BCUT2D eigenvalue weighted by atomic mass is 16.4. The van der Waals surface area contributed by atoms with Gasteiger partial charge in [-0.25, -0.2) is 0 Å². The first-order chi connectivity index (χ1) is 15.8. The van der Waals surface area contributed by atoms with Crippen molar-refractivity contribution in [2.75, 3.05) is 0 Å². The highest BCUT2D eigenvalue weighted by Gasteiger charge is 2.60. The average molecular weight is 465 g/mol. The van der Waals surface area contributed by atoms with Crippen molar-refractivity contribution in [2.24, 2.45) is 16.7 Å². The van der Waals surface area contributed by atoms with Gasteiger partial charge < -0.3 is 10.2 Å². The summed E-state index contributed by atoms with van der Waals surface area (Å²) < 4.78 is 0. The molecule has 1 aliphatic carbocycles. The molecule has 0 saturated heterocycles. The SMILES string of the molecule is CCCCCCCCCCCCCCCCCC1(C(=O)O)CC=CCC1(CC(C)C)C(=O)O. The van der Waals surface area contributed by atoms with Gasteiger partial charge in [0.2, 0.25) is 0 Å². The third-order valence-corrected chi connectivity index (χ3v) is 7.80. The fraction of sp³-hybridized carbons (Fsp3) is 0.862. The van der Waals surface area contributed by atoms with E-state index < -0.39 is 22.8 Å². The average Bonchev–Trinajstić information content (AvgIpc) is 2.76. The van der Waals surface area contributed by atoms with Crippen LogP contribution in [0.2, 0.25) is 0 Å². The van der Waals surface area contributed by atoms with Crippen molar-refractivity contribution in [3.05, 3.63) is 12.2 Å². The van der Waals surface area contributed by atoms with Gasteiger partial charge in [-0.2, -0.15) is 0 Å². The lowest BCUT2D eigenvalue weighted by atomic mass is 9.53. The number of hydrogen-bond donors (Lipinski definition) is 2. The van der Waals surface area contributed by atoms with Crippen LogP contribution in [0.1, 0.15) is 143 Å². The molecule has 1 aliphatic rings. The van der Waals surface area contributed by atoms with Crippen LogP contribution >= 0.6 is 0 Å². The molecule has 0 saturated carbocycles. The molecular formula is C29H52O4. The third kappa shape index (κ3) is 9.45. The van der Waals surface area contributed by atoms with E-state index in [0.717, 1.165) is 19.3 Å². The van der Waals surface area contributed by atoms with E-state index in [2.05, 4.69) is 6.92 Å². The Kier molecular flexibility index (Phi) is 14.7. The van der Waals surface area contributed by atoms with Crippen LogP contribution in [0.5, 0.6) is 0 Å². The lowest BCUT2D eigenvalue weighted by molar-refractivity contribution is -0.178. The van der Waals surface area contributed by atoms with Gasteiger partial charge in [0, 0.05) is 0 Å². The Morgan fingerprint density at radius 1 is 0.667 bits per heavy atom. The molecule has 0 spiro atoms. The molecule has 2 N–H and O–H groups in total. The molecular weight excluding hydrogens is 412 g/mol. The topological polar surface area (TPSA) is 74.6 Å². The van der Waals surface area contributed by atoms with E-state index in [1.807, 2.05) is 26.0 Å². The van der Waals surface area contributed by atoms with Crippen molar-refractivity contribution in [2.45, 2.75) is 143 Å². The molecule has 33 heavy (non-hydrogen) atoms. The highest BCUT2D eigenvalue weighted by Crippen LogP contribution is 2.55. The Morgan fingerprint density at radius 2 is 1.03 bits per heavy atom. The number of carboxylic acid groups (broad SMARTS) is 2. The van der Waals surface area contributed by atoms with Gasteiger partial charge >= 0.3 is 11.9 Å². The predicted molar refractivity (Wildman–Crippen MR) is 138 cm³/mol. The van der Waals surface area contributed by atoms with Crippen LogP contribution in [0.15, 0.2) is 12.2 Å². The molecule has 2 atom stereocenters. The molecule has 0 aromatic rings. The van der Waals surface area contributed by atoms with Crippen molar-refractivity contribution < 1.29 is 19.8 Å². The normalized spacial score (nSPS) is 22.7. The largest absolute Gasteiger partial charge is 0.481 e. The van der Waals surface area contributed by atoms with Gasteiger partial charge in [0.05, 0.1) is 10.8 Å². The molecule has 2 unspecified atom stereocenters. The zero-order chi connectivity index (χ0) is 24.6. The Bertz CT molecular complexity index is 582. The Balaban J connectivity index is 2.31. The van der Waals surface area contributed by atoms with Crippen LogP contribution in [0.25, 0.3) is 0 Å². The summed E-state index contributed by atoms with van der Waals surface area (Å²) >= 11 is 0. The maximum atomic E-state index is 12.5. The standard InChI is InChI=1S/C29H52O4/c1-4-5-6-7-8-9-10-11-12-13-14-15-16-17-18-21-28(26(30)31)22-19-20-23-29(28,27(32)33)24-25(2)3/h19-20,25H,4-18,21-24H2,1-3H3,(H,30,31)(H,32,33). The van der Waals surface area contributed by atoms with Crippen LogP contribution < -0.4 is 0 Å². The molecule has 0 aromatic heterocycles. The number of rotatable bonds is 20. The minimum atomic E-state index is -1.20. The molecule has 0 aliphatic heterocycles. The summed E-state index contributed by atoms with van der Waals surface area (Å²) in [7, 11) is 0. The van der Waals surface area contributed by atoms with E-state index in [-0.39, 0.29) is 5.92 Å². The lowest BCUT2D eigenvalue weighted by Crippen LogP contribution is -2.54. The van der Waals surface area contributed by atoms with E-state index in [9.17, 15) is 19.8 Å². The summed E-state index contributed by atoms with van der Waals surface area (Å²) in [6, 6.07) is 0. The lowest BCUT2D eigenvalue weighted by Gasteiger charge is -2.47. The molecule has 0 fully saturated rings. The first-order valence-corrected chi connectivity index (χ1v) is 13.9. The van der Waals surface area contributed by atoms with E-state index >= 15 is 0 Å². The van der Waals surface area contributed by atoms with Gasteiger partial charge in [0.25, 0.3) is 0 Å². The zero-order valence-corrected chi connectivity index (χ0v) is 21.9. The molecule has 1 rings (SSSR count). The van der Waals surface area contributed by atoms with E-state index in [0.29, 0.717) is 25.7 Å². The number of unbranched alkanes of at least 4 members (excludes halogenated alkanes) is 14. The summed E-state index contributed by atoms with van der Waals surface area (Å²) in [6.45, 7) is 6.24. The first kappa shape index (κ1) is 29.7. The second kappa shape index (κ2) is 16.3. The number of allylic oxidation sites excluding steroid dienone is 2. The molecule has 0 amide bonds. The van der Waals surface area contributed by atoms with Crippen LogP contribution in [-0.2, 0) is 9.59 Å². The van der Waals surface area contributed by atoms with Crippen molar-refractivity contribution >= 4 is 11.9 Å². The second-order valence-corrected chi connectivity index (χ2v) is 11.0. The summed E-state index contributed by atoms with van der Waals surface area (Å²) in [5.41, 5.74) is -2.38. The first-order valence-electron chi connectivity index (χ1n) is 13.9. The Morgan fingerprint density at radius 3 is 1.39 bits per heavy atom. The minimum Gasteiger partial charge on any atom is -0.481 e. The van der Waals surface area contributed by atoms with E-state index in [1.54, 1.807) is 0 Å². The number of aliphatic carboxylic acids is 2. The van der Waals surface area contributed by atoms with Crippen LogP contribution in [0.4, 0.5) is 0 Å². The van der Waals surface area contributed by atoms with E-state index in [4.69, 9.17) is 0 Å². The van der Waals surface area contributed by atoms with Gasteiger partial charge in [0.1, 0.15) is 0 Å². The van der Waals surface area contributed by atoms with Gasteiger partial charge in [-0.3, -0.25) is 9.59 Å². The molecule has 4 heteroatoms. The minimum absolute atomic E-state index is 0.146. The Hall–Kier alpha value is -1.32. The zero-order valence-electron chi connectivity index (χ0n) is 21.9. The predicted octanol–water partition coefficient (Wildman–Crippen LogP) is 8.79. The summed E-state index contributed by atoms with van der Waals surface area (Å²) in [5.74, 6) is -1.73. The summed E-state index contributed by atoms with van der Waals surface area (Å²) in [4.78, 5) is 24.9. The number of carboxylic acids is 2. The molecule has 192 valence electrons. The van der Waals surface area contributed by atoms with Crippen LogP contribution in [-0.4, -0.2) is 22.2 Å². The smallest absolute Gasteiger partial charge is 0.311 e. The fourth-order valence-electron chi connectivity index (χ4n) is 5.85. The van der Waals surface area contributed by atoms with Gasteiger partial charge in [-0.05, 0) is 31.6 Å². The number of hydrogen-bond acceptors (Lipinski definition) is 2. The maximum absolute atomic E-state index is 12.5. The van der Waals surface area contributed by atoms with Crippen molar-refractivity contribution in [1.82, 2.24) is 0 Å². The quantitative estimate of drug-likeness (QED) is 0.139. The van der Waals surface area contributed by atoms with Crippen molar-refractivity contribution in [3.63, 3.8) is 0 Å². The molecule has 0 radical (unpaired) electrons. The fourth-order valence-corrected chi connectivity index (χ4v) is 5.85. The van der Waals surface area contributed by atoms with E-state index in [1.165, 1.54) is 77.0 Å². The van der Waals surface area contributed by atoms with Crippen molar-refractivity contribution in [1.29, 1.82) is 0 Å². The Labute approximate surface area is 203 Å². The van der Waals surface area contributed by atoms with Gasteiger partial charge in [-0.15, -0.1) is 0 Å². The van der Waals surface area contributed by atoms with Crippen LogP contribution in [0.3, 0.4) is 0 Å². The third-order valence-electron chi connectivity index (χ3n) is 7.80. The molecule has 0 bridgehead atoms. The molecule has 0 aromatic carbocycles. The molecule has 4 nitrogen and oxygen atoms in total. The van der Waals surface area contributed by atoms with Gasteiger partial charge in [-0.1, -0.05) is 129 Å². The number of carbonyl (C=O) groups is 2. The second-order valence-electron chi connectivity index (χ2n) is 11.0. The van der Waals surface area contributed by atoms with Crippen LogP contribution in [0, 0.1) is 16.7 Å². The summed E-state index contributed by atoms with van der Waals surface area (Å²) in [5, 5.41) is 20.4.